The van der Waals surface area contributed by atoms with Crippen LogP contribution >= 0.6 is 0 Å². The van der Waals surface area contributed by atoms with Gasteiger partial charge in [-0.25, -0.2) is 0 Å². The maximum Gasteiger partial charge on any atom is 0.0452 e. The minimum atomic E-state index is -0.672. The summed E-state index contributed by atoms with van der Waals surface area (Å²) < 4.78 is 11.6. The fourth-order valence-electron chi connectivity index (χ4n) is 1.80. The molecule has 0 saturated carbocycles. The van der Waals surface area contributed by atoms with Gasteiger partial charge in [0.15, 0.2) is 0 Å². The first kappa shape index (κ1) is 11.2. The van der Waals surface area contributed by atoms with Crippen LogP contribution in [0.5, 0.6) is 0 Å². The summed E-state index contributed by atoms with van der Waals surface area (Å²) in [5.74, 6) is 0. The van der Waals surface area contributed by atoms with Gasteiger partial charge in [0.25, 0.3) is 0 Å². The van der Waals surface area contributed by atoms with Gasteiger partial charge >= 0.3 is 0 Å². The second-order valence-corrected chi connectivity index (χ2v) is 6.43. The summed E-state index contributed by atoms with van der Waals surface area (Å²) >= 11 is 0. The molecule has 1 saturated heterocycles. The van der Waals surface area contributed by atoms with Crippen LogP contribution in [0.2, 0.25) is 0 Å². The molecule has 3 heteroatoms. The molecule has 0 amide bonds. The Morgan fingerprint density at radius 3 is 2.08 bits per heavy atom. The van der Waals surface area contributed by atoms with Crippen molar-refractivity contribution in [2.45, 2.75) is 44.4 Å². The van der Waals surface area contributed by atoms with Gasteiger partial charge in [0.2, 0.25) is 0 Å². The Morgan fingerprint density at radius 2 is 1.77 bits per heavy atom. The van der Waals surface area contributed by atoms with E-state index in [4.69, 9.17) is 0 Å². The Bertz CT molecular complexity index is 195. The highest BCUT2D eigenvalue weighted by atomic mass is 32.2. The van der Waals surface area contributed by atoms with Crippen LogP contribution in [0.15, 0.2) is 0 Å². The number of hydrogen-bond donors (Lipinski definition) is 0. The van der Waals surface area contributed by atoms with Crippen molar-refractivity contribution in [3.63, 3.8) is 0 Å². The highest BCUT2D eigenvalue weighted by Gasteiger charge is 2.33. The lowest BCUT2D eigenvalue weighted by Crippen LogP contribution is -2.47. The first-order chi connectivity index (χ1) is 5.96. The Hall–Kier alpha value is 0.110. The molecule has 0 aromatic heterocycles. The van der Waals surface area contributed by atoms with E-state index in [1.807, 2.05) is 6.26 Å². The Morgan fingerprint density at radius 1 is 1.31 bits per heavy atom. The molecule has 0 unspecified atom stereocenters. The van der Waals surface area contributed by atoms with Gasteiger partial charge in [0.05, 0.1) is 0 Å². The first-order valence-corrected chi connectivity index (χ1v) is 6.59. The fourth-order valence-corrected chi connectivity index (χ4v) is 2.56. The molecule has 1 aliphatic rings. The molecule has 1 aliphatic heterocycles. The zero-order valence-electron chi connectivity index (χ0n) is 9.17. The van der Waals surface area contributed by atoms with E-state index in [0.717, 1.165) is 25.9 Å². The van der Waals surface area contributed by atoms with Crippen LogP contribution in [0.25, 0.3) is 0 Å². The van der Waals surface area contributed by atoms with Gasteiger partial charge < -0.3 is 4.90 Å². The van der Waals surface area contributed by atoms with Gasteiger partial charge in [0.1, 0.15) is 0 Å². The van der Waals surface area contributed by atoms with Crippen LogP contribution in [0, 0.1) is 0 Å². The molecule has 0 N–H and O–H groups in total. The number of piperidine rings is 1. The van der Waals surface area contributed by atoms with Crippen LogP contribution < -0.4 is 0 Å². The molecule has 0 aliphatic carbocycles. The monoisotopic (exact) mass is 203 g/mol. The van der Waals surface area contributed by atoms with E-state index in [9.17, 15) is 4.21 Å². The second-order valence-electron chi connectivity index (χ2n) is 4.53. The molecule has 0 aromatic rings. The van der Waals surface area contributed by atoms with Gasteiger partial charge in [-0.05, 0) is 46.7 Å². The van der Waals surface area contributed by atoms with E-state index in [1.165, 1.54) is 0 Å². The Kier molecular flexibility index (Phi) is 3.52. The van der Waals surface area contributed by atoms with Gasteiger partial charge in [0, 0.05) is 27.8 Å². The van der Waals surface area contributed by atoms with Crippen molar-refractivity contribution < 1.29 is 4.21 Å². The third-order valence-corrected chi connectivity index (χ3v) is 5.08. The van der Waals surface area contributed by atoms with Gasteiger partial charge in [-0.3, -0.25) is 4.21 Å². The van der Waals surface area contributed by atoms with E-state index in [1.54, 1.807) is 0 Å². The Labute approximate surface area is 84.2 Å². The Balaban J connectivity index is 2.51. The summed E-state index contributed by atoms with van der Waals surface area (Å²) in [5.41, 5.74) is 0. The molecular formula is C10H21NOS. The second kappa shape index (κ2) is 4.09. The van der Waals surface area contributed by atoms with Crippen LogP contribution in [0.4, 0.5) is 0 Å². The standard InChI is InChI=1S/C10H21NOS/c1-9(2)11-7-5-10(3,6-8-11)13(4)12/h9H,5-8H2,1-4H3/t13-/m1/s1. The lowest BCUT2D eigenvalue weighted by molar-refractivity contribution is 0.165. The smallest absolute Gasteiger partial charge is 0.0452 e. The van der Waals surface area contributed by atoms with Crippen molar-refractivity contribution in [2.75, 3.05) is 19.3 Å². The normalized spacial score (nSPS) is 26.2. The predicted molar refractivity (Wildman–Crippen MR) is 58.4 cm³/mol. The number of likely N-dealkylation sites (tertiary alicyclic amines) is 1. The summed E-state index contributed by atoms with van der Waals surface area (Å²) in [6, 6.07) is 0.634. The minimum Gasteiger partial charge on any atom is -0.301 e. The highest BCUT2D eigenvalue weighted by Crippen LogP contribution is 2.27. The first-order valence-electron chi connectivity index (χ1n) is 5.03. The lowest BCUT2D eigenvalue weighted by atomic mass is 9.97. The topological polar surface area (TPSA) is 20.3 Å². The summed E-state index contributed by atoms with van der Waals surface area (Å²) in [4.78, 5) is 2.47. The van der Waals surface area contributed by atoms with Crippen molar-refractivity contribution >= 4 is 10.8 Å². The molecule has 0 radical (unpaired) electrons. The zero-order valence-corrected chi connectivity index (χ0v) is 9.99. The number of rotatable bonds is 2. The molecule has 1 rings (SSSR count). The maximum atomic E-state index is 11.5. The number of hydrogen-bond acceptors (Lipinski definition) is 2. The van der Waals surface area contributed by atoms with Crippen molar-refractivity contribution in [1.29, 1.82) is 0 Å². The van der Waals surface area contributed by atoms with E-state index in [0.29, 0.717) is 6.04 Å². The van der Waals surface area contributed by atoms with Gasteiger partial charge in [-0.2, -0.15) is 0 Å². The minimum absolute atomic E-state index is 0.0748. The molecule has 1 atom stereocenters. The summed E-state index contributed by atoms with van der Waals surface area (Å²) in [6.45, 7) is 8.82. The van der Waals surface area contributed by atoms with E-state index in [-0.39, 0.29) is 4.75 Å². The third kappa shape index (κ3) is 2.53. The van der Waals surface area contributed by atoms with E-state index < -0.39 is 10.8 Å². The van der Waals surface area contributed by atoms with Crippen molar-refractivity contribution in [1.82, 2.24) is 4.90 Å². The summed E-state index contributed by atoms with van der Waals surface area (Å²) in [7, 11) is -0.672. The van der Waals surface area contributed by atoms with E-state index >= 15 is 0 Å². The maximum absolute atomic E-state index is 11.5. The predicted octanol–water partition coefficient (Wildman–Crippen LogP) is 1.63. The largest absolute Gasteiger partial charge is 0.301 e. The zero-order chi connectivity index (χ0) is 10.1. The van der Waals surface area contributed by atoms with E-state index in [2.05, 4.69) is 25.7 Å². The fraction of sp³-hybridized carbons (Fsp3) is 1.00. The molecule has 0 aromatic carbocycles. The molecule has 0 bridgehead atoms. The van der Waals surface area contributed by atoms with Crippen molar-refractivity contribution in [3.05, 3.63) is 0 Å². The average Bonchev–Trinajstić information content (AvgIpc) is 2.04. The SMILES string of the molecule is CC(C)N1CCC(C)([S@@](C)=O)CC1. The molecule has 1 fully saturated rings. The molecule has 78 valence electrons. The molecule has 1 heterocycles. The van der Waals surface area contributed by atoms with Crippen LogP contribution in [-0.4, -0.2) is 39.2 Å². The third-order valence-electron chi connectivity index (χ3n) is 3.28. The highest BCUT2D eigenvalue weighted by molar-refractivity contribution is 7.85. The quantitative estimate of drug-likeness (QED) is 0.680. The summed E-state index contributed by atoms with van der Waals surface area (Å²) in [5, 5.41) is 0. The van der Waals surface area contributed by atoms with Crippen LogP contribution in [-0.2, 0) is 10.8 Å². The van der Waals surface area contributed by atoms with Crippen LogP contribution in [0.3, 0.4) is 0 Å². The molecule has 13 heavy (non-hydrogen) atoms. The van der Waals surface area contributed by atoms with Crippen LogP contribution in [0.1, 0.15) is 33.6 Å². The molecule has 0 spiro atoms. The van der Waals surface area contributed by atoms with Crippen molar-refractivity contribution in [3.8, 4) is 0 Å². The molecule has 2 nitrogen and oxygen atoms in total. The van der Waals surface area contributed by atoms with Gasteiger partial charge in [-0.1, -0.05) is 0 Å². The van der Waals surface area contributed by atoms with Crippen molar-refractivity contribution in [2.24, 2.45) is 0 Å². The summed E-state index contributed by atoms with van der Waals surface area (Å²) in [6.07, 6.45) is 3.99. The molecular weight excluding hydrogens is 182 g/mol. The average molecular weight is 203 g/mol. The number of nitrogens with zero attached hydrogens (tertiary/aromatic N) is 1. The lowest BCUT2D eigenvalue weighted by Gasteiger charge is -2.39. The van der Waals surface area contributed by atoms with Gasteiger partial charge in [-0.15, -0.1) is 0 Å².